The zero-order valence-electron chi connectivity index (χ0n) is 11.5. The highest BCUT2D eigenvalue weighted by Crippen LogP contribution is 2.62. The summed E-state index contributed by atoms with van der Waals surface area (Å²) in [6, 6.07) is 0. The highest BCUT2D eigenvalue weighted by molar-refractivity contribution is 6.12. The molecule has 1 aliphatic heterocycles. The largest absolute Gasteiger partial charge is 0.275 e. The Morgan fingerprint density at radius 2 is 1.68 bits per heavy atom. The topological polar surface area (TPSA) is 37.4 Å². The number of hydrogen-bond acceptors (Lipinski definition) is 2. The van der Waals surface area contributed by atoms with Crippen LogP contribution < -0.4 is 0 Å². The molecule has 0 N–H and O–H groups in total. The first-order valence-corrected chi connectivity index (χ1v) is 7.59. The minimum atomic E-state index is -0.109. The van der Waals surface area contributed by atoms with Crippen molar-refractivity contribution in [1.82, 2.24) is 4.90 Å². The molecule has 19 heavy (non-hydrogen) atoms. The molecule has 3 atom stereocenters. The molecule has 5 rings (SSSR count). The molecule has 4 saturated carbocycles. The molecule has 4 fully saturated rings. The van der Waals surface area contributed by atoms with Gasteiger partial charge < -0.3 is 0 Å². The third-order valence-electron chi connectivity index (χ3n) is 6.19. The van der Waals surface area contributed by atoms with Crippen molar-refractivity contribution in [3.8, 4) is 0 Å². The smallest absolute Gasteiger partial charge is 0.253 e. The average Bonchev–Trinajstić information content (AvgIpc) is 2.63. The second-order valence-electron chi connectivity index (χ2n) is 7.49. The molecule has 3 heteroatoms. The Morgan fingerprint density at radius 1 is 1.11 bits per heavy atom. The van der Waals surface area contributed by atoms with Crippen molar-refractivity contribution in [2.75, 3.05) is 6.54 Å². The Balaban J connectivity index is 1.58. The minimum Gasteiger partial charge on any atom is -0.275 e. The summed E-state index contributed by atoms with van der Waals surface area (Å²) >= 11 is 0. The summed E-state index contributed by atoms with van der Waals surface area (Å²) in [5.41, 5.74) is 0.373. The van der Waals surface area contributed by atoms with E-state index in [9.17, 15) is 9.59 Å². The summed E-state index contributed by atoms with van der Waals surface area (Å²) in [5.74, 6) is 2.90. The normalized spacial score (nSPS) is 47.5. The van der Waals surface area contributed by atoms with Crippen LogP contribution in [0.4, 0.5) is 0 Å². The van der Waals surface area contributed by atoms with E-state index in [2.05, 4.69) is 6.92 Å². The van der Waals surface area contributed by atoms with Gasteiger partial charge in [0.25, 0.3) is 11.8 Å². The molecule has 0 aromatic heterocycles. The molecular weight excluding hydrogens is 238 g/mol. The first-order chi connectivity index (χ1) is 9.05. The van der Waals surface area contributed by atoms with Crippen LogP contribution in [0.15, 0.2) is 12.2 Å². The van der Waals surface area contributed by atoms with Crippen molar-refractivity contribution in [2.45, 2.75) is 39.0 Å². The molecule has 3 nitrogen and oxygen atoms in total. The summed E-state index contributed by atoms with van der Waals surface area (Å²) < 4.78 is 0. The number of amides is 2. The highest BCUT2D eigenvalue weighted by Gasteiger charge is 2.55. The van der Waals surface area contributed by atoms with Gasteiger partial charge >= 0.3 is 0 Å². The van der Waals surface area contributed by atoms with E-state index in [4.69, 9.17) is 0 Å². The zero-order valence-corrected chi connectivity index (χ0v) is 11.5. The van der Waals surface area contributed by atoms with Crippen LogP contribution in [0.25, 0.3) is 0 Å². The highest BCUT2D eigenvalue weighted by atomic mass is 16.2. The predicted molar refractivity (Wildman–Crippen MR) is 71.0 cm³/mol. The summed E-state index contributed by atoms with van der Waals surface area (Å²) in [7, 11) is 0. The molecule has 0 aromatic rings. The van der Waals surface area contributed by atoms with Crippen molar-refractivity contribution >= 4 is 11.8 Å². The third kappa shape index (κ3) is 1.63. The van der Waals surface area contributed by atoms with E-state index >= 15 is 0 Å². The van der Waals surface area contributed by atoms with Crippen LogP contribution in [0.2, 0.25) is 0 Å². The SMILES string of the molecule is CC12CC3CC(CC(C3)C1CN1C(=O)C=CC1=O)C2. The predicted octanol–water partition coefficient (Wildman–Crippen LogP) is 2.37. The van der Waals surface area contributed by atoms with E-state index in [1.54, 1.807) is 0 Å². The molecule has 0 radical (unpaired) electrons. The number of carbonyl (C=O) groups excluding carboxylic acids is 2. The van der Waals surface area contributed by atoms with Crippen molar-refractivity contribution in [2.24, 2.45) is 29.1 Å². The first kappa shape index (κ1) is 11.7. The Kier molecular flexibility index (Phi) is 2.28. The number of carbonyl (C=O) groups is 2. The fourth-order valence-corrected chi connectivity index (χ4v) is 5.73. The van der Waals surface area contributed by atoms with Crippen molar-refractivity contribution in [1.29, 1.82) is 0 Å². The van der Waals surface area contributed by atoms with Gasteiger partial charge in [-0.3, -0.25) is 14.5 Å². The zero-order chi connectivity index (χ0) is 13.2. The molecule has 4 aliphatic carbocycles. The van der Waals surface area contributed by atoms with Crippen LogP contribution in [0.3, 0.4) is 0 Å². The molecule has 4 bridgehead atoms. The van der Waals surface area contributed by atoms with Crippen LogP contribution >= 0.6 is 0 Å². The summed E-state index contributed by atoms with van der Waals surface area (Å²) in [6.45, 7) is 3.06. The molecule has 2 amide bonds. The minimum absolute atomic E-state index is 0.109. The number of rotatable bonds is 2. The monoisotopic (exact) mass is 259 g/mol. The van der Waals surface area contributed by atoms with Crippen LogP contribution in [-0.4, -0.2) is 23.3 Å². The fourth-order valence-electron chi connectivity index (χ4n) is 5.73. The van der Waals surface area contributed by atoms with Gasteiger partial charge in [0, 0.05) is 18.7 Å². The van der Waals surface area contributed by atoms with E-state index in [0.29, 0.717) is 17.9 Å². The summed E-state index contributed by atoms with van der Waals surface area (Å²) in [6.07, 6.45) is 9.56. The first-order valence-electron chi connectivity index (χ1n) is 7.59. The van der Waals surface area contributed by atoms with Gasteiger partial charge in [-0.2, -0.15) is 0 Å². The standard InChI is InChI=1S/C16H21NO2/c1-16-7-10-4-11(8-16)6-12(5-10)13(16)9-17-14(18)2-3-15(17)19/h2-3,10-13H,4-9H2,1H3. The van der Waals surface area contributed by atoms with Gasteiger partial charge in [0.05, 0.1) is 0 Å². The summed E-state index contributed by atoms with van der Waals surface area (Å²) in [5, 5.41) is 0. The lowest BCUT2D eigenvalue weighted by atomic mass is 9.45. The maximum atomic E-state index is 11.8. The quantitative estimate of drug-likeness (QED) is 0.714. The molecule has 0 saturated heterocycles. The Labute approximate surface area is 114 Å². The average molecular weight is 259 g/mol. The Morgan fingerprint density at radius 3 is 2.21 bits per heavy atom. The number of hydrogen-bond donors (Lipinski definition) is 0. The van der Waals surface area contributed by atoms with Gasteiger partial charge in [-0.05, 0) is 61.2 Å². The lowest BCUT2D eigenvalue weighted by Crippen LogP contribution is -2.55. The van der Waals surface area contributed by atoms with E-state index in [1.807, 2.05) is 0 Å². The van der Waals surface area contributed by atoms with Gasteiger partial charge in [-0.15, -0.1) is 0 Å². The molecular formula is C16H21NO2. The van der Waals surface area contributed by atoms with Crippen molar-refractivity contribution < 1.29 is 9.59 Å². The van der Waals surface area contributed by atoms with E-state index in [0.717, 1.165) is 17.8 Å². The lowest BCUT2D eigenvalue weighted by Gasteiger charge is -2.60. The van der Waals surface area contributed by atoms with Crippen LogP contribution in [0, 0.1) is 29.1 Å². The summed E-state index contributed by atoms with van der Waals surface area (Å²) in [4.78, 5) is 25.0. The van der Waals surface area contributed by atoms with Crippen molar-refractivity contribution in [3.63, 3.8) is 0 Å². The van der Waals surface area contributed by atoms with Gasteiger partial charge in [0.15, 0.2) is 0 Å². The molecule has 5 aliphatic rings. The lowest BCUT2D eigenvalue weighted by molar-refractivity contribution is -0.145. The van der Waals surface area contributed by atoms with E-state index < -0.39 is 0 Å². The molecule has 102 valence electrons. The van der Waals surface area contributed by atoms with Crippen molar-refractivity contribution in [3.05, 3.63) is 12.2 Å². The van der Waals surface area contributed by atoms with Crippen LogP contribution in [0.1, 0.15) is 39.0 Å². The number of nitrogens with zero attached hydrogens (tertiary/aromatic N) is 1. The maximum Gasteiger partial charge on any atom is 0.253 e. The van der Waals surface area contributed by atoms with Gasteiger partial charge in [-0.25, -0.2) is 0 Å². The Hall–Kier alpha value is -1.12. The number of imide groups is 1. The van der Waals surface area contributed by atoms with Gasteiger partial charge in [-0.1, -0.05) is 6.92 Å². The van der Waals surface area contributed by atoms with Crippen LogP contribution in [0.5, 0.6) is 0 Å². The Bertz CT molecular complexity index is 449. The van der Waals surface area contributed by atoms with Gasteiger partial charge in [0.1, 0.15) is 0 Å². The third-order valence-corrected chi connectivity index (χ3v) is 6.19. The fraction of sp³-hybridized carbons (Fsp3) is 0.750. The molecule has 0 spiro atoms. The van der Waals surface area contributed by atoms with Crippen LogP contribution in [-0.2, 0) is 9.59 Å². The molecule has 0 aromatic carbocycles. The van der Waals surface area contributed by atoms with E-state index in [-0.39, 0.29) is 11.8 Å². The second kappa shape index (κ2) is 3.71. The molecule has 1 heterocycles. The van der Waals surface area contributed by atoms with E-state index in [1.165, 1.54) is 49.2 Å². The van der Waals surface area contributed by atoms with Gasteiger partial charge in [0.2, 0.25) is 0 Å². The second-order valence-corrected chi connectivity index (χ2v) is 7.49. The maximum absolute atomic E-state index is 11.8. The molecule has 3 unspecified atom stereocenters.